The predicted octanol–water partition coefficient (Wildman–Crippen LogP) is 1.87. The van der Waals surface area contributed by atoms with Crippen LogP contribution in [0.1, 0.15) is 54.1 Å². The lowest BCUT2D eigenvalue weighted by Crippen LogP contribution is -2.50. The third-order valence-electron chi connectivity index (χ3n) is 5.61. The number of hydrogen-bond acceptors (Lipinski definition) is 7. The highest BCUT2D eigenvalue weighted by Gasteiger charge is 2.34. The first-order chi connectivity index (χ1) is 16.2. The Morgan fingerprint density at radius 1 is 1.29 bits per heavy atom. The van der Waals surface area contributed by atoms with E-state index in [0.29, 0.717) is 12.1 Å². The number of aromatic nitrogens is 3. The van der Waals surface area contributed by atoms with E-state index in [-0.39, 0.29) is 53.9 Å². The summed E-state index contributed by atoms with van der Waals surface area (Å²) in [6, 6.07) is 1.28. The van der Waals surface area contributed by atoms with E-state index in [4.69, 9.17) is 4.74 Å². The van der Waals surface area contributed by atoms with Gasteiger partial charge >= 0.3 is 0 Å². The van der Waals surface area contributed by atoms with Gasteiger partial charge in [0.05, 0.1) is 25.4 Å². The number of rotatable bonds is 5. The normalized spacial score (nSPS) is 18.7. The molecule has 180 valence electrons. The molecule has 0 aliphatic carbocycles. The summed E-state index contributed by atoms with van der Waals surface area (Å²) in [6.45, 7) is 8.13. The summed E-state index contributed by atoms with van der Waals surface area (Å²) >= 11 is 0. The van der Waals surface area contributed by atoms with Gasteiger partial charge < -0.3 is 19.6 Å². The first kappa shape index (κ1) is 25.1. The Kier molecular flexibility index (Phi) is 8.18. The van der Waals surface area contributed by atoms with Crippen molar-refractivity contribution >= 4 is 11.8 Å². The number of carbonyl (C=O) groups is 2. The third kappa shape index (κ3) is 5.88. The lowest BCUT2D eigenvalue weighted by molar-refractivity contribution is 0.0312. The van der Waals surface area contributed by atoms with Crippen LogP contribution in [-0.2, 0) is 0 Å². The molecule has 0 saturated carbocycles. The SMILES string of the molecule is CC(C)C#Cc1cnc2c(c1)C(=O)N([C@H](C)CO)C[C@H](C)[C@@H](CN(C)C(=O)c1cnccn1)O2. The molecule has 9 heteroatoms. The molecular formula is C25H31N5O4. The number of amides is 2. The predicted molar refractivity (Wildman–Crippen MR) is 126 cm³/mol. The largest absolute Gasteiger partial charge is 0.472 e. The van der Waals surface area contributed by atoms with Gasteiger partial charge in [-0.05, 0) is 13.0 Å². The highest BCUT2D eigenvalue weighted by atomic mass is 16.5. The molecule has 3 heterocycles. The van der Waals surface area contributed by atoms with E-state index in [2.05, 4.69) is 26.8 Å². The van der Waals surface area contributed by atoms with Crippen LogP contribution < -0.4 is 4.74 Å². The molecule has 0 fully saturated rings. The van der Waals surface area contributed by atoms with Crippen molar-refractivity contribution in [2.45, 2.75) is 39.8 Å². The number of fused-ring (bicyclic) bond motifs is 1. The Morgan fingerprint density at radius 3 is 2.71 bits per heavy atom. The van der Waals surface area contributed by atoms with Crippen LogP contribution in [0.2, 0.25) is 0 Å². The van der Waals surface area contributed by atoms with Crippen LogP contribution in [0.15, 0.2) is 30.9 Å². The number of nitrogens with zero attached hydrogens (tertiary/aromatic N) is 5. The molecule has 2 aromatic rings. The molecule has 1 aliphatic heterocycles. The van der Waals surface area contributed by atoms with E-state index in [1.54, 1.807) is 31.1 Å². The zero-order chi connectivity index (χ0) is 24.8. The quantitative estimate of drug-likeness (QED) is 0.672. The molecule has 0 unspecified atom stereocenters. The number of likely N-dealkylation sites (N-methyl/N-ethyl adjacent to an activating group) is 1. The van der Waals surface area contributed by atoms with Crippen LogP contribution in [-0.4, -0.2) is 80.6 Å². The minimum atomic E-state index is -0.453. The Labute approximate surface area is 200 Å². The van der Waals surface area contributed by atoms with Crippen molar-refractivity contribution in [3.05, 3.63) is 47.7 Å². The van der Waals surface area contributed by atoms with Crippen LogP contribution in [0.3, 0.4) is 0 Å². The van der Waals surface area contributed by atoms with Crippen molar-refractivity contribution in [1.29, 1.82) is 0 Å². The second-order valence-electron chi connectivity index (χ2n) is 8.90. The highest BCUT2D eigenvalue weighted by molar-refractivity contribution is 5.97. The number of aliphatic hydroxyl groups excluding tert-OH is 1. The fraction of sp³-hybridized carbons (Fsp3) is 0.480. The van der Waals surface area contributed by atoms with Gasteiger partial charge in [-0.1, -0.05) is 32.6 Å². The molecule has 2 aromatic heterocycles. The molecule has 3 atom stereocenters. The average Bonchev–Trinajstić information content (AvgIpc) is 2.84. The highest BCUT2D eigenvalue weighted by Crippen LogP contribution is 2.27. The maximum absolute atomic E-state index is 13.4. The summed E-state index contributed by atoms with van der Waals surface area (Å²) < 4.78 is 6.22. The van der Waals surface area contributed by atoms with Gasteiger partial charge in [-0.2, -0.15) is 0 Å². The minimum Gasteiger partial charge on any atom is -0.472 e. The van der Waals surface area contributed by atoms with Crippen molar-refractivity contribution in [2.75, 3.05) is 26.7 Å². The van der Waals surface area contributed by atoms with Gasteiger partial charge in [0, 0.05) is 49.6 Å². The maximum Gasteiger partial charge on any atom is 0.273 e. The molecule has 9 nitrogen and oxygen atoms in total. The lowest BCUT2D eigenvalue weighted by atomic mass is 9.99. The topological polar surface area (TPSA) is 109 Å². The molecule has 2 amide bonds. The Morgan fingerprint density at radius 2 is 2.06 bits per heavy atom. The first-order valence-electron chi connectivity index (χ1n) is 11.3. The standard InChI is InChI=1S/C25H31N5O4/c1-16(2)6-7-19-10-20-23(28-11-19)34-22(17(3)13-30(24(20)32)18(4)15-31)14-29(5)25(33)21-12-26-8-9-27-21/h8-12,16-18,22,31H,13-15H2,1-5H3/t17-,18+,22+/m0/s1. The van der Waals surface area contributed by atoms with E-state index in [9.17, 15) is 14.7 Å². The Bertz CT molecular complexity index is 1080. The van der Waals surface area contributed by atoms with Gasteiger partial charge in [0.1, 0.15) is 17.4 Å². The van der Waals surface area contributed by atoms with Gasteiger partial charge in [-0.25, -0.2) is 9.97 Å². The van der Waals surface area contributed by atoms with E-state index in [0.717, 1.165) is 0 Å². The lowest BCUT2D eigenvalue weighted by Gasteiger charge is -2.37. The molecule has 0 saturated heterocycles. The molecule has 34 heavy (non-hydrogen) atoms. The van der Waals surface area contributed by atoms with E-state index in [1.807, 2.05) is 20.8 Å². The summed E-state index contributed by atoms with van der Waals surface area (Å²) in [6.07, 6.45) is 5.52. The van der Waals surface area contributed by atoms with Gasteiger partial charge in [0.15, 0.2) is 0 Å². The number of pyridine rings is 1. The number of hydrogen-bond donors (Lipinski definition) is 1. The smallest absolute Gasteiger partial charge is 0.273 e. The molecule has 1 N–H and O–H groups in total. The van der Waals surface area contributed by atoms with Gasteiger partial charge in [0.25, 0.3) is 11.8 Å². The second-order valence-corrected chi connectivity index (χ2v) is 8.90. The van der Waals surface area contributed by atoms with Crippen molar-refractivity contribution in [1.82, 2.24) is 24.8 Å². The monoisotopic (exact) mass is 465 g/mol. The van der Waals surface area contributed by atoms with Crippen molar-refractivity contribution in [2.24, 2.45) is 11.8 Å². The fourth-order valence-corrected chi connectivity index (χ4v) is 3.57. The van der Waals surface area contributed by atoms with Crippen LogP contribution in [0.5, 0.6) is 5.88 Å². The molecule has 0 radical (unpaired) electrons. The molecule has 1 aliphatic rings. The average molecular weight is 466 g/mol. The summed E-state index contributed by atoms with van der Waals surface area (Å²) in [5.74, 6) is 5.77. The summed E-state index contributed by atoms with van der Waals surface area (Å²) in [5.41, 5.74) is 1.14. The van der Waals surface area contributed by atoms with Gasteiger partial charge in [-0.3, -0.25) is 14.6 Å². The summed E-state index contributed by atoms with van der Waals surface area (Å²) in [7, 11) is 1.67. The van der Waals surface area contributed by atoms with Gasteiger partial charge in [0.2, 0.25) is 5.88 Å². The summed E-state index contributed by atoms with van der Waals surface area (Å²) in [5, 5.41) is 9.78. The van der Waals surface area contributed by atoms with Crippen LogP contribution >= 0.6 is 0 Å². The summed E-state index contributed by atoms with van der Waals surface area (Å²) in [4.78, 5) is 41.8. The van der Waals surface area contributed by atoms with Crippen molar-refractivity contribution in [3.63, 3.8) is 0 Å². The number of ether oxygens (including phenoxy) is 1. The van der Waals surface area contributed by atoms with E-state index in [1.165, 1.54) is 23.5 Å². The van der Waals surface area contributed by atoms with Crippen LogP contribution in [0, 0.1) is 23.7 Å². The third-order valence-corrected chi connectivity index (χ3v) is 5.61. The maximum atomic E-state index is 13.4. The van der Waals surface area contributed by atoms with Crippen molar-refractivity contribution < 1.29 is 19.4 Å². The Hall–Kier alpha value is -3.51. The van der Waals surface area contributed by atoms with E-state index >= 15 is 0 Å². The zero-order valence-corrected chi connectivity index (χ0v) is 20.2. The minimum absolute atomic E-state index is 0.148. The van der Waals surface area contributed by atoms with Crippen LogP contribution in [0.4, 0.5) is 0 Å². The van der Waals surface area contributed by atoms with E-state index < -0.39 is 12.1 Å². The fourth-order valence-electron chi connectivity index (χ4n) is 3.57. The molecule has 0 bridgehead atoms. The molecule has 0 spiro atoms. The molecule has 0 aromatic carbocycles. The molecular weight excluding hydrogens is 434 g/mol. The Balaban J connectivity index is 1.95. The number of carbonyl (C=O) groups excluding carboxylic acids is 2. The second kappa shape index (κ2) is 11.1. The first-order valence-corrected chi connectivity index (χ1v) is 11.3. The van der Waals surface area contributed by atoms with Gasteiger partial charge in [-0.15, -0.1) is 0 Å². The zero-order valence-electron chi connectivity index (χ0n) is 20.2. The van der Waals surface area contributed by atoms with Crippen LogP contribution in [0.25, 0.3) is 0 Å². The van der Waals surface area contributed by atoms with Crippen molar-refractivity contribution in [3.8, 4) is 17.7 Å². The molecule has 3 rings (SSSR count). The number of aliphatic hydroxyl groups is 1.